The molecule has 0 aliphatic heterocycles. The van der Waals surface area contributed by atoms with Crippen molar-refractivity contribution in [3.63, 3.8) is 0 Å². The molecule has 3 nitrogen and oxygen atoms in total. The third-order valence-electron chi connectivity index (χ3n) is 3.25. The van der Waals surface area contributed by atoms with Gasteiger partial charge in [-0.05, 0) is 39.4 Å². The van der Waals surface area contributed by atoms with Gasteiger partial charge in [0.15, 0.2) is 0 Å². The van der Waals surface area contributed by atoms with Crippen molar-refractivity contribution in [2.45, 2.75) is 39.3 Å². The maximum atomic E-state index is 12.8. The Hall–Kier alpha value is -1.00. The lowest BCUT2D eigenvalue weighted by Gasteiger charge is -2.23. The fourth-order valence-corrected chi connectivity index (χ4v) is 1.72. The lowest BCUT2D eigenvalue weighted by Crippen LogP contribution is -2.35. The number of hydrogen-bond donors (Lipinski definition) is 1. The highest BCUT2D eigenvalue weighted by Gasteiger charge is 2.10. The van der Waals surface area contributed by atoms with Gasteiger partial charge in [-0.3, -0.25) is 4.98 Å². The molecule has 0 saturated carbocycles. The topological polar surface area (TPSA) is 28.2 Å². The summed E-state index contributed by atoms with van der Waals surface area (Å²) in [5.41, 5.74) is 0.908. The van der Waals surface area contributed by atoms with E-state index in [2.05, 4.69) is 43.0 Å². The summed E-state index contributed by atoms with van der Waals surface area (Å²) in [5.74, 6) is -0.284. The number of nitrogens with zero attached hydrogens (tertiary/aromatic N) is 2. The van der Waals surface area contributed by atoms with Crippen LogP contribution in [0.25, 0.3) is 0 Å². The molecule has 1 aromatic heterocycles. The summed E-state index contributed by atoms with van der Waals surface area (Å²) < 4.78 is 12.8. The van der Waals surface area contributed by atoms with Gasteiger partial charge in [0.25, 0.3) is 0 Å². The first kappa shape index (κ1) is 15.1. The molecule has 0 spiro atoms. The van der Waals surface area contributed by atoms with Gasteiger partial charge >= 0.3 is 0 Å². The van der Waals surface area contributed by atoms with E-state index in [-0.39, 0.29) is 11.9 Å². The minimum absolute atomic E-state index is 0.200. The van der Waals surface area contributed by atoms with Crippen molar-refractivity contribution in [1.82, 2.24) is 15.2 Å². The third-order valence-corrected chi connectivity index (χ3v) is 3.25. The zero-order valence-corrected chi connectivity index (χ0v) is 11.8. The van der Waals surface area contributed by atoms with Crippen LogP contribution in [0.15, 0.2) is 18.3 Å². The SMILES string of the molecule is CCC(NCCN(C)C(C)C)c1ccc(F)cn1. The Morgan fingerprint density at radius 3 is 2.61 bits per heavy atom. The molecule has 0 saturated heterocycles. The smallest absolute Gasteiger partial charge is 0.141 e. The number of aromatic nitrogens is 1. The molecule has 4 heteroatoms. The van der Waals surface area contributed by atoms with Gasteiger partial charge in [0.05, 0.1) is 11.9 Å². The second-order valence-corrected chi connectivity index (χ2v) is 4.89. The molecule has 0 aliphatic carbocycles. The first-order valence-corrected chi connectivity index (χ1v) is 6.59. The highest BCUT2D eigenvalue weighted by atomic mass is 19.1. The quantitative estimate of drug-likeness (QED) is 0.809. The molecule has 1 unspecified atom stereocenters. The van der Waals surface area contributed by atoms with Crippen molar-refractivity contribution in [2.75, 3.05) is 20.1 Å². The van der Waals surface area contributed by atoms with E-state index >= 15 is 0 Å². The molecule has 0 amide bonds. The molecule has 1 heterocycles. The molecule has 1 N–H and O–H groups in total. The molecular formula is C14H24FN3. The van der Waals surface area contributed by atoms with Crippen molar-refractivity contribution in [1.29, 1.82) is 0 Å². The molecule has 0 bridgehead atoms. The number of likely N-dealkylation sites (N-methyl/N-ethyl adjacent to an activating group) is 1. The van der Waals surface area contributed by atoms with Gasteiger partial charge in [0, 0.05) is 25.2 Å². The molecule has 1 rings (SSSR count). The number of hydrogen-bond acceptors (Lipinski definition) is 3. The Kier molecular flexibility index (Phi) is 6.22. The molecule has 1 aromatic rings. The van der Waals surface area contributed by atoms with E-state index in [0.29, 0.717) is 6.04 Å². The highest BCUT2D eigenvalue weighted by Crippen LogP contribution is 2.13. The number of nitrogens with one attached hydrogen (secondary N) is 1. The van der Waals surface area contributed by atoms with Gasteiger partial charge in [0.1, 0.15) is 5.82 Å². The van der Waals surface area contributed by atoms with Gasteiger partial charge < -0.3 is 10.2 Å². The number of pyridine rings is 1. The summed E-state index contributed by atoms with van der Waals surface area (Å²) >= 11 is 0. The lowest BCUT2D eigenvalue weighted by molar-refractivity contribution is 0.268. The number of halogens is 1. The van der Waals surface area contributed by atoms with E-state index in [1.807, 2.05) is 0 Å². The van der Waals surface area contributed by atoms with E-state index in [0.717, 1.165) is 25.2 Å². The van der Waals surface area contributed by atoms with Crippen LogP contribution in [0.5, 0.6) is 0 Å². The second-order valence-electron chi connectivity index (χ2n) is 4.89. The van der Waals surface area contributed by atoms with Crippen LogP contribution >= 0.6 is 0 Å². The maximum Gasteiger partial charge on any atom is 0.141 e. The largest absolute Gasteiger partial charge is 0.307 e. The summed E-state index contributed by atoms with van der Waals surface area (Å²) in [6.07, 6.45) is 2.23. The highest BCUT2D eigenvalue weighted by molar-refractivity contribution is 5.09. The molecule has 0 aliphatic rings. The van der Waals surface area contributed by atoms with Crippen molar-refractivity contribution in [2.24, 2.45) is 0 Å². The first-order chi connectivity index (χ1) is 8.54. The van der Waals surface area contributed by atoms with E-state index in [1.165, 1.54) is 12.3 Å². The Labute approximate surface area is 109 Å². The summed E-state index contributed by atoms with van der Waals surface area (Å²) in [6, 6.07) is 3.97. The maximum absolute atomic E-state index is 12.8. The average molecular weight is 253 g/mol. The summed E-state index contributed by atoms with van der Waals surface area (Å²) in [6.45, 7) is 8.37. The van der Waals surface area contributed by atoms with Gasteiger partial charge in [0.2, 0.25) is 0 Å². The van der Waals surface area contributed by atoms with Crippen LogP contribution in [0, 0.1) is 5.82 Å². The molecule has 102 valence electrons. The van der Waals surface area contributed by atoms with Gasteiger partial charge in [-0.2, -0.15) is 0 Å². The van der Waals surface area contributed by atoms with Crippen LogP contribution in [-0.4, -0.2) is 36.1 Å². The van der Waals surface area contributed by atoms with Crippen LogP contribution in [0.4, 0.5) is 4.39 Å². The standard InChI is InChI=1S/C14H24FN3/c1-5-13(14-7-6-12(15)10-17-14)16-8-9-18(4)11(2)3/h6-7,10-11,13,16H,5,8-9H2,1-4H3. The van der Waals surface area contributed by atoms with Crippen molar-refractivity contribution in [3.05, 3.63) is 29.8 Å². The lowest BCUT2D eigenvalue weighted by atomic mass is 10.1. The monoisotopic (exact) mass is 253 g/mol. The Morgan fingerprint density at radius 2 is 2.11 bits per heavy atom. The van der Waals surface area contributed by atoms with E-state index in [4.69, 9.17) is 0 Å². The van der Waals surface area contributed by atoms with Crippen LogP contribution in [-0.2, 0) is 0 Å². The molecular weight excluding hydrogens is 229 g/mol. The Morgan fingerprint density at radius 1 is 1.39 bits per heavy atom. The normalized spacial score (nSPS) is 13.3. The van der Waals surface area contributed by atoms with Gasteiger partial charge in [-0.15, -0.1) is 0 Å². The predicted molar refractivity (Wildman–Crippen MR) is 73.0 cm³/mol. The molecule has 0 fully saturated rings. The average Bonchev–Trinajstić information content (AvgIpc) is 2.35. The van der Waals surface area contributed by atoms with Crippen LogP contribution in [0.1, 0.15) is 38.9 Å². The summed E-state index contributed by atoms with van der Waals surface area (Å²) in [5, 5.41) is 3.46. The minimum Gasteiger partial charge on any atom is -0.307 e. The zero-order chi connectivity index (χ0) is 13.5. The Bertz CT molecular complexity index is 337. The van der Waals surface area contributed by atoms with E-state index in [9.17, 15) is 4.39 Å². The zero-order valence-electron chi connectivity index (χ0n) is 11.8. The molecule has 0 radical (unpaired) electrons. The molecule has 0 aromatic carbocycles. The summed E-state index contributed by atoms with van der Waals surface area (Å²) in [4.78, 5) is 6.42. The molecule has 1 atom stereocenters. The van der Waals surface area contributed by atoms with Crippen molar-refractivity contribution in [3.8, 4) is 0 Å². The molecule has 18 heavy (non-hydrogen) atoms. The van der Waals surface area contributed by atoms with Gasteiger partial charge in [-0.1, -0.05) is 6.92 Å². The van der Waals surface area contributed by atoms with Crippen LogP contribution in [0.3, 0.4) is 0 Å². The Balaban J connectivity index is 2.45. The fraction of sp³-hybridized carbons (Fsp3) is 0.643. The van der Waals surface area contributed by atoms with Crippen LogP contribution < -0.4 is 5.32 Å². The van der Waals surface area contributed by atoms with Gasteiger partial charge in [-0.25, -0.2) is 4.39 Å². The minimum atomic E-state index is -0.284. The fourth-order valence-electron chi connectivity index (χ4n) is 1.72. The van der Waals surface area contributed by atoms with Crippen molar-refractivity contribution < 1.29 is 4.39 Å². The van der Waals surface area contributed by atoms with Crippen LogP contribution in [0.2, 0.25) is 0 Å². The van der Waals surface area contributed by atoms with E-state index < -0.39 is 0 Å². The first-order valence-electron chi connectivity index (χ1n) is 6.59. The summed E-state index contributed by atoms with van der Waals surface area (Å²) in [7, 11) is 2.11. The van der Waals surface area contributed by atoms with Crippen molar-refractivity contribution >= 4 is 0 Å². The third kappa shape index (κ3) is 4.70. The predicted octanol–water partition coefficient (Wildman–Crippen LogP) is 2.60. The second kappa shape index (κ2) is 7.44. The number of rotatable bonds is 7. The van der Waals surface area contributed by atoms with E-state index in [1.54, 1.807) is 6.07 Å².